The van der Waals surface area contributed by atoms with Gasteiger partial charge in [-0.05, 0) is 37.1 Å². The molecule has 4 rings (SSSR count). The molecule has 0 bridgehead atoms. The minimum atomic E-state index is -0.298. The predicted molar refractivity (Wildman–Crippen MR) is 107 cm³/mol. The number of aryl methyl sites for hydroxylation is 1. The van der Waals surface area contributed by atoms with Gasteiger partial charge in [-0.2, -0.15) is 5.10 Å². The number of aromatic nitrogens is 3. The van der Waals surface area contributed by atoms with Crippen molar-refractivity contribution in [3.05, 3.63) is 41.7 Å². The number of hydrogen-bond donors (Lipinski definition) is 1. The molecule has 0 saturated carbocycles. The first-order valence-electron chi connectivity index (χ1n) is 10.5. The van der Waals surface area contributed by atoms with Crippen LogP contribution in [-0.4, -0.2) is 75.9 Å². The Bertz CT molecular complexity index is 835. The summed E-state index contributed by atoms with van der Waals surface area (Å²) in [5.74, 6) is 2.07. The number of ether oxygens (including phenoxy) is 2. The second-order valence-electron chi connectivity index (χ2n) is 7.80. The van der Waals surface area contributed by atoms with Gasteiger partial charge in [-0.3, -0.25) is 14.8 Å². The summed E-state index contributed by atoms with van der Waals surface area (Å²) >= 11 is 0. The van der Waals surface area contributed by atoms with Crippen molar-refractivity contribution in [1.29, 1.82) is 0 Å². The molecule has 0 spiro atoms. The van der Waals surface area contributed by atoms with Gasteiger partial charge in [-0.1, -0.05) is 6.92 Å². The summed E-state index contributed by atoms with van der Waals surface area (Å²) in [7, 11) is 0. The number of aromatic amines is 1. The number of carbonyl (C=O) groups is 1. The molecule has 0 unspecified atom stereocenters. The number of H-pyrrole nitrogens is 1. The van der Waals surface area contributed by atoms with E-state index in [4.69, 9.17) is 9.47 Å². The molecule has 1 atom stereocenters. The summed E-state index contributed by atoms with van der Waals surface area (Å²) in [6.45, 7) is 5.55. The molecule has 2 fully saturated rings. The van der Waals surface area contributed by atoms with Crippen LogP contribution in [0.4, 0.5) is 4.39 Å². The maximum atomic E-state index is 13.0. The van der Waals surface area contributed by atoms with Crippen LogP contribution in [0, 0.1) is 5.82 Å². The second-order valence-corrected chi connectivity index (χ2v) is 7.80. The lowest BCUT2D eigenvalue weighted by Gasteiger charge is -2.42. The van der Waals surface area contributed by atoms with E-state index in [-0.39, 0.29) is 30.5 Å². The van der Waals surface area contributed by atoms with Crippen LogP contribution < -0.4 is 4.74 Å². The van der Waals surface area contributed by atoms with Gasteiger partial charge in [0.1, 0.15) is 42.5 Å². The van der Waals surface area contributed by atoms with E-state index in [1.54, 1.807) is 12.1 Å². The molecule has 162 valence electrons. The molecule has 2 aliphatic rings. The number of morpholine rings is 1. The lowest BCUT2D eigenvalue weighted by Crippen LogP contribution is -2.55. The van der Waals surface area contributed by atoms with Gasteiger partial charge in [-0.15, -0.1) is 0 Å². The van der Waals surface area contributed by atoms with E-state index >= 15 is 0 Å². The summed E-state index contributed by atoms with van der Waals surface area (Å²) in [4.78, 5) is 21.2. The number of piperidine rings is 1. The third kappa shape index (κ3) is 5.14. The maximum Gasteiger partial charge on any atom is 0.248 e. The normalized spacial score (nSPS) is 21.2. The largest absolute Gasteiger partial charge is 0.491 e. The SMILES string of the molecule is CCc1n[nH]c(CN2CCC(N3C[C@H](COc4ccc(F)cc4)OCC3=O)CC2)n1. The number of amides is 1. The molecule has 1 amide bonds. The molecule has 9 heteroatoms. The Balaban J connectivity index is 1.25. The highest BCUT2D eigenvalue weighted by Crippen LogP contribution is 2.21. The molecule has 3 heterocycles. The van der Waals surface area contributed by atoms with Crippen LogP contribution in [-0.2, 0) is 22.5 Å². The summed E-state index contributed by atoms with van der Waals surface area (Å²) in [6.07, 6.45) is 2.48. The van der Waals surface area contributed by atoms with Crippen LogP contribution in [0.5, 0.6) is 5.75 Å². The first-order chi connectivity index (χ1) is 14.6. The molecule has 8 nitrogen and oxygen atoms in total. The van der Waals surface area contributed by atoms with Crippen molar-refractivity contribution >= 4 is 5.91 Å². The van der Waals surface area contributed by atoms with Crippen molar-refractivity contribution in [3.8, 4) is 5.75 Å². The summed E-state index contributed by atoms with van der Waals surface area (Å²) in [6, 6.07) is 6.13. The first kappa shape index (κ1) is 20.7. The van der Waals surface area contributed by atoms with Crippen LogP contribution in [0.3, 0.4) is 0 Å². The highest BCUT2D eigenvalue weighted by atomic mass is 19.1. The Morgan fingerprint density at radius 1 is 1.27 bits per heavy atom. The minimum absolute atomic E-state index is 0.0364. The first-order valence-corrected chi connectivity index (χ1v) is 10.5. The molecule has 2 aromatic rings. The molecule has 1 N–H and O–H groups in total. The van der Waals surface area contributed by atoms with Crippen molar-refractivity contribution < 1.29 is 18.7 Å². The summed E-state index contributed by atoms with van der Waals surface area (Å²) in [5.41, 5.74) is 0. The number of nitrogens with zero attached hydrogens (tertiary/aromatic N) is 4. The Labute approximate surface area is 175 Å². The van der Waals surface area contributed by atoms with Crippen LogP contribution in [0.1, 0.15) is 31.4 Å². The molecular formula is C21H28FN5O3. The summed E-state index contributed by atoms with van der Waals surface area (Å²) < 4.78 is 24.4. The molecular weight excluding hydrogens is 389 g/mol. The number of rotatable bonds is 7. The maximum absolute atomic E-state index is 13.0. The molecule has 2 saturated heterocycles. The molecule has 0 aliphatic carbocycles. The highest BCUT2D eigenvalue weighted by Gasteiger charge is 2.34. The Kier molecular flexibility index (Phi) is 6.59. The zero-order valence-electron chi connectivity index (χ0n) is 17.2. The monoisotopic (exact) mass is 417 g/mol. The Morgan fingerprint density at radius 2 is 2.03 bits per heavy atom. The Hall–Kier alpha value is -2.52. The highest BCUT2D eigenvalue weighted by molar-refractivity contribution is 5.78. The van der Waals surface area contributed by atoms with Crippen molar-refractivity contribution in [1.82, 2.24) is 25.0 Å². The van der Waals surface area contributed by atoms with Crippen molar-refractivity contribution in [2.24, 2.45) is 0 Å². The van der Waals surface area contributed by atoms with Gasteiger partial charge >= 0.3 is 0 Å². The molecule has 0 radical (unpaired) electrons. The van der Waals surface area contributed by atoms with Gasteiger partial charge in [-0.25, -0.2) is 9.37 Å². The van der Waals surface area contributed by atoms with Gasteiger partial charge in [0.05, 0.1) is 13.1 Å². The van der Waals surface area contributed by atoms with E-state index < -0.39 is 0 Å². The number of halogens is 1. The van der Waals surface area contributed by atoms with E-state index in [1.807, 2.05) is 11.8 Å². The van der Waals surface area contributed by atoms with E-state index in [9.17, 15) is 9.18 Å². The number of carbonyl (C=O) groups excluding carboxylic acids is 1. The van der Waals surface area contributed by atoms with Crippen LogP contribution in [0.25, 0.3) is 0 Å². The van der Waals surface area contributed by atoms with Crippen molar-refractivity contribution in [3.63, 3.8) is 0 Å². The topological polar surface area (TPSA) is 83.6 Å². The quantitative estimate of drug-likeness (QED) is 0.739. The molecule has 2 aliphatic heterocycles. The lowest BCUT2D eigenvalue weighted by atomic mass is 10.0. The Morgan fingerprint density at radius 3 is 2.73 bits per heavy atom. The average Bonchev–Trinajstić information content (AvgIpc) is 3.22. The predicted octanol–water partition coefficient (Wildman–Crippen LogP) is 1.78. The smallest absolute Gasteiger partial charge is 0.248 e. The number of nitrogens with one attached hydrogen (secondary N) is 1. The summed E-state index contributed by atoms with van der Waals surface area (Å²) in [5, 5.41) is 7.19. The molecule has 1 aromatic carbocycles. The average molecular weight is 417 g/mol. The van der Waals surface area contributed by atoms with Crippen LogP contribution >= 0.6 is 0 Å². The number of benzene rings is 1. The zero-order chi connectivity index (χ0) is 20.9. The third-order valence-corrected chi connectivity index (χ3v) is 5.68. The van der Waals surface area contributed by atoms with Crippen LogP contribution in [0.2, 0.25) is 0 Å². The fourth-order valence-electron chi connectivity index (χ4n) is 3.98. The van der Waals surface area contributed by atoms with E-state index in [2.05, 4.69) is 20.1 Å². The van der Waals surface area contributed by atoms with E-state index in [0.29, 0.717) is 18.9 Å². The molecule has 30 heavy (non-hydrogen) atoms. The second kappa shape index (κ2) is 9.53. The molecule has 1 aromatic heterocycles. The van der Waals surface area contributed by atoms with Crippen LogP contribution in [0.15, 0.2) is 24.3 Å². The van der Waals surface area contributed by atoms with E-state index in [1.165, 1.54) is 12.1 Å². The van der Waals surface area contributed by atoms with E-state index in [0.717, 1.165) is 50.5 Å². The number of likely N-dealkylation sites (tertiary alicyclic amines) is 1. The number of hydrogen-bond acceptors (Lipinski definition) is 6. The fourth-order valence-corrected chi connectivity index (χ4v) is 3.98. The zero-order valence-corrected chi connectivity index (χ0v) is 17.2. The fraction of sp³-hybridized carbons (Fsp3) is 0.571. The van der Waals surface area contributed by atoms with Gasteiger partial charge in [0.2, 0.25) is 5.91 Å². The third-order valence-electron chi connectivity index (χ3n) is 5.68. The van der Waals surface area contributed by atoms with Gasteiger partial charge in [0.25, 0.3) is 0 Å². The standard InChI is InChI=1S/C21H28FN5O3/c1-2-19-23-20(25-24-19)12-26-9-7-16(8-10-26)27-11-18(30-14-21(27)28)13-29-17-5-3-15(22)4-6-17/h3-6,16,18H,2,7-14H2,1H3,(H,23,24,25)/t18-/m1/s1. The minimum Gasteiger partial charge on any atom is -0.491 e. The van der Waals surface area contributed by atoms with Gasteiger partial charge < -0.3 is 14.4 Å². The van der Waals surface area contributed by atoms with Gasteiger partial charge in [0.15, 0.2) is 0 Å². The lowest BCUT2D eigenvalue weighted by molar-refractivity contribution is -0.155. The van der Waals surface area contributed by atoms with Crippen molar-refractivity contribution in [2.45, 2.75) is 44.9 Å². The van der Waals surface area contributed by atoms with Crippen molar-refractivity contribution in [2.75, 3.05) is 32.8 Å². The van der Waals surface area contributed by atoms with Gasteiger partial charge in [0, 0.05) is 25.6 Å².